The minimum atomic E-state index is -1.40. The van der Waals surface area contributed by atoms with E-state index in [-0.39, 0.29) is 37.6 Å². The number of benzene rings is 1. The second kappa shape index (κ2) is 21.3. The Kier molecular flexibility index (Phi) is 17.5. The van der Waals surface area contributed by atoms with Gasteiger partial charge in [-0.3, -0.25) is 28.8 Å². The summed E-state index contributed by atoms with van der Waals surface area (Å²) < 4.78 is 16.7. The third-order valence-corrected chi connectivity index (χ3v) is 10.9. The summed E-state index contributed by atoms with van der Waals surface area (Å²) in [4.78, 5) is 99.3. The van der Waals surface area contributed by atoms with Gasteiger partial charge in [-0.15, -0.1) is 0 Å². The summed E-state index contributed by atoms with van der Waals surface area (Å²) >= 11 is 0. The minimum absolute atomic E-state index is 0.0539. The van der Waals surface area contributed by atoms with Crippen LogP contribution in [0.5, 0.6) is 5.75 Å². The standard InChI is InChI=1S/C42H64N4O11/c1-11-25(6)36-33(47)22-35(49)57-38(24(4)5)37(50)27(8)39(51)43-30(19-23(2)3)40(52)46-18-12-13-31(46)41(53)45(9)32(21-28-14-16-29(55-10)17-15-28)42(54)56-26(7)20-34(48)44-36/h14-17,23-27,30-33,36,38,47H,11-13,18-22H2,1-10H3,(H,43,51)(H,44,48)/t25-,26+,27-,30-,31-,32-,33-,36+,38?/m0/s1. The zero-order valence-electron chi connectivity index (χ0n) is 35.2. The normalized spacial score (nSPS) is 28.8. The van der Waals surface area contributed by atoms with Crippen LogP contribution >= 0.6 is 0 Å². The lowest BCUT2D eigenvalue weighted by Crippen LogP contribution is -2.57. The Morgan fingerprint density at radius 2 is 1.56 bits per heavy atom. The molecule has 2 aliphatic rings. The number of cyclic esters (lactones) is 2. The van der Waals surface area contributed by atoms with E-state index in [4.69, 9.17) is 14.2 Å². The van der Waals surface area contributed by atoms with E-state index in [1.165, 1.54) is 30.9 Å². The van der Waals surface area contributed by atoms with Crippen LogP contribution in [0.1, 0.15) is 99.5 Å². The molecular weight excluding hydrogens is 736 g/mol. The third-order valence-electron chi connectivity index (χ3n) is 10.9. The van der Waals surface area contributed by atoms with Crippen molar-refractivity contribution in [1.82, 2.24) is 20.4 Å². The molecule has 15 heteroatoms. The molecule has 9 atom stereocenters. The van der Waals surface area contributed by atoms with Gasteiger partial charge in [-0.05, 0) is 68.6 Å². The van der Waals surface area contributed by atoms with Gasteiger partial charge in [-0.2, -0.15) is 0 Å². The van der Waals surface area contributed by atoms with E-state index in [0.717, 1.165) is 0 Å². The molecule has 0 bridgehead atoms. The number of esters is 2. The van der Waals surface area contributed by atoms with Crippen molar-refractivity contribution in [3.8, 4) is 5.75 Å². The van der Waals surface area contributed by atoms with Crippen molar-refractivity contribution in [3.63, 3.8) is 0 Å². The van der Waals surface area contributed by atoms with Crippen LogP contribution in [0.2, 0.25) is 0 Å². The molecule has 0 saturated carbocycles. The number of carbonyl (C=O) groups is 7. The molecule has 0 aliphatic carbocycles. The number of aliphatic hydroxyl groups is 1. The van der Waals surface area contributed by atoms with Crippen molar-refractivity contribution >= 4 is 41.4 Å². The second-order valence-corrected chi connectivity index (χ2v) is 16.4. The molecule has 15 nitrogen and oxygen atoms in total. The Labute approximate surface area is 336 Å². The highest BCUT2D eigenvalue weighted by atomic mass is 16.6. The summed E-state index contributed by atoms with van der Waals surface area (Å²) in [6.45, 7) is 13.9. The summed E-state index contributed by atoms with van der Waals surface area (Å²) in [6.07, 6.45) is -2.89. The van der Waals surface area contributed by atoms with Gasteiger partial charge in [-0.1, -0.05) is 60.1 Å². The summed E-state index contributed by atoms with van der Waals surface area (Å²) in [5.41, 5.74) is 0.700. The highest BCUT2D eigenvalue weighted by Crippen LogP contribution is 2.25. The summed E-state index contributed by atoms with van der Waals surface area (Å²) in [5, 5.41) is 16.8. The summed E-state index contributed by atoms with van der Waals surface area (Å²) in [7, 11) is 3.01. The number of nitrogens with one attached hydrogen (secondary N) is 2. The number of likely N-dealkylation sites (N-methyl/N-ethyl adjacent to an activating group) is 1. The number of rotatable bonds is 8. The first-order chi connectivity index (χ1) is 26.8. The number of hydrogen-bond acceptors (Lipinski definition) is 11. The Morgan fingerprint density at radius 3 is 2.14 bits per heavy atom. The largest absolute Gasteiger partial charge is 0.497 e. The van der Waals surface area contributed by atoms with Crippen molar-refractivity contribution in [2.45, 2.75) is 143 Å². The van der Waals surface area contributed by atoms with Crippen LogP contribution in [0.3, 0.4) is 0 Å². The number of amides is 4. The molecule has 2 heterocycles. The first kappa shape index (κ1) is 46.8. The fourth-order valence-corrected chi connectivity index (χ4v) is 7.31. The number of hydrogen-bond donors (Lipinski definition) is 3. The molecule has 1 aromatic rings. The first-order valence-electron chi connectivity index (χ1n) is 20.2. The molecule has 1 aromatic carbocycles. The van der Waals surface area contributed by atoms with E-state index in [0.29, 0.717) is 30.6 Å². The average Bonchev–Trinajstić information content (AvgIpc) is 3.65. The maximum absolute atomic E-state index is 14.3. The molecular formula is C42H64N4O11. The number of nitrogens with zero attached hydrogens (tertiary/aromatic N) is 2. The van der Waals surface area contributed by atoms with E-state index < -0.39 is 102 Å². The van der Waals surface area contributed by atoms with Gasteiger partial charge in [0.25, 0.3) is 0 Å². The van der Waals surface area contributed by atoms with Gasteiger partial charge in [0, 0.05) is 20.0 Å². The number of aliphatic hydroxyl groups excluding tert-OH is 1. The van der Waals surface area contributed by atoms with Crippen LogP contribution in [0.25, 0.3) is 0 Å². The Morgan fingerprint density at radius 1 is 0.912 bits per heavy atom. The van der Waals surface area contributed by atoms with E-state index in [1.54, 1.807) is 52.0 Å². The molecule has 3 N–H and O–H groups in total. The molecule has 0 spiro atoms. The smallest absolute Gasteiger partial charge is 0.329 e. The first-order valence-corrected chi connectivity index (χ1v) is 20.2. The van der Waals surface area contributed by atoms with Crippen LogP contribution in [0.4, 0.5) is 0 Å². The van der Waals surface area contributed by atoms with Crippen molar-refractivity contribution in [1.29, 1.82) is 0 Å². The number of methoxy groups -OCH3 is 1. The monoisotopic (exact) mass is 800 g/mol. The lowest BCUT2D eigenvalue weighted by molar-refractivity contribution is -0.162. The Balaban J connectivity index is 2.07. The molecule has 2 saturated heterocycles. The van der Waals surface area contributed by atoms with Crippen molar-refractivity contribution in [2.75, 3.05) is 20.7 Å². The van der Waals surface area contributed by atoms with Gasteiger partial charge in [0.2, 0.25) is 23.6 Å². The van der Waals surface area contributed by atoms with Crippen molar-refractivity contribution in [3.05, 3.63) is 29.8 Å². The summed E-state index contributed by atoms with van der Waals surface area (Å²) in [5.74, 6) is -6.22. The maximum atomic E-state index is 14.3. The number of ketones is 1. The molecule has 2 aliphatic heterocycles. The minimum Gasteiger partial charge on any atom is -0.497 e. The van der Waals surface area contributed by atoms with Crippen LogP contribution in [-0.2, 0) is 49.5 Å². The predicted molar refractivity (Wildman–Crippen MR) is 210 cm³/mol. The van der Waals surface area contributed by atoms with Crippen LogP contribution in [0, 0.1) is 23.7 Å². The lowest BCUT2D eigenvalue weighted by atomic mass is 9.91. The SMILES string of the molecule is CC[C@H](C)[C@H]1NC(=O)C[C@@H](C)OC(=O)[C@H](Cc2ccc(OC)cc2)N(C)C(=O)[C@@H]2CCCN2C(=O)[C@H](CC(C)C)NC(=O)[C@@H](C)C(=O)C(C(C)C)OC(=O)C[C@@H]1O. The fraction of sp³-hybridized carbons (Fsp3) is 0.690. The van der Waals surface area contributed by atoms with Crippen LogP contribution in [0.15, 0.2) is 24.3 Å². The van der Waals surface area contributed by atoms with E-state index >= 15 is 0 Å². The average molecular weight is 801 g/mol. The molecule has 2 fully saturated rings. The maximum Gasteiger partial charge on any atom is 0.329 e. The quantitative estimate of drug-likeness (QED) is 0.258. The fourth-order valence-electron chi connectivity index (χ4n) is 7.31. The topological polar surface area (TPSA) is 198 Å². The van der Waals surface area contributed by atoms with Gasteiger partial charge in [-0.25, -0.2) is 4.79 Å². The van der Waals surface area contributed by atoms with Gasteiger partial charge < -0.3 is 39.8 Å². The van der Waals surface area contributed by atoms with Crippen LogP contribution < -0.4 is 15.4 Å². The highest BCUT2D eigenvalue weighted by molar-refractivity contribution is 6.05. The van der Waals surface area contributed by atoms with Crippen molar-refractivity contribution in [2.24, 2.45) is 23.7 Å². The Hall–Kier alpha value is -4.53. The van der Waals surface area contributed by atoms with Crippen molar-refractivity contribution < 1.29 is 52.9 Å². The zero-order chi connectivity index (χ0) is 42.7. The molecule has 0 aromatic heterocycles. The van der Waals surface area contributed by atoms with E-state index in [9.17, 15) is 38.7 Å². The predicted octanol–water partition coefficient (Wildman–Crippen LogP) is 2.98. The molecule has 318 valence electrons. The number of ether oxygens (including phenoxy) is 3. The van der Waals surface area contributed by atoms with Gasteiger partial charge in [0.05, 0.1) is 38.0 Å². The Bertz CT molecular complexity index is 1580. The molecule has 57 heavy (non-hydrogen) atoms. The van der Waals surface area contributed by atoms with E-state index in [1.807, 2.05) is 20.8 Å². The zero-order valence-corrected chi connectivity index (χ0v) is 35.2. The summed E-state index contributed by atoms with van der Waals surface area (Å²) in [6, 6.07) is 2.92. The molecule has 4 amide bonds. The van der Waals surface area contributed by atoms with Gasteiger partial charge in [0.15, 0.2) is 11.9 Å². The molecule has 3 rings (SSSR count). The lowest BCUT2D eigenvalue weighted by Gasteiger charge is -2.34. The van der Waals surface area contributed by atoms with E-state index in [2.05, 4.69) is 10.6 Å². The number of carbonyl (C=O) groups excluding carboxylic acids is 7. The van der Waals surface area contributed by atoms with Gasteiger partial charge in [0.1, 0.15) is 30.0 Å². The van der Waals surface area contributed by atoms with Crippen LogP contribution in [-0.4, -0.2) is 119 Å². The highest BCUT2D eigenvalue weighted by Gasteiger charge is 2.43. The second-order valence-electron chi connectivity index (χ2n) is 16.4. The molecule has 0 radical (unpaired) electrons. The third kappa shape index (κ3) is 12.7. The van der Waals surface area contributed by atoms with Gasteiger partial charge >= 0.3 is 11.9 Å². The number of Topliss-reactive ketones (excluding diaryl/α,β-unsaturated/α-hetero) is 1. The number of fused-ring (bicyclic) bond motifs is 1. The molecule has 1 unspecified atom stereocenters.